The van der Waals surface area contributed by atoms with Crippen LogP contribution in [0.25, 0.3) is 0 Å². The van der Waals surface area contributed by atoms with E-state index in [2.05, 4.69) is 23.3 Å². The Morgan fingerprint density at radius 3 is 1.73 bits per heavy atom. The number of rotatable bonds is 6. The summed E-state index contributed by atoms with van der Waals surface area (Å²) in [4.78, 5) is 1.12. The van der Waals surface area contributed by atoms with Gasteiger partial charge < -0.3 is 0 Å². The molecule has 2 aromatic heterocycles. The third-order valence-electron chi connectivity index (χ3n) is 3.15. The van der Waals surface area contributed by atoms with Gasteiger partial charge in [-0.2, -0.15) is 0 Å². The fourth-order valence-electron chi connectivity index (χ4n) is 2.34. The van der Waals surface area contributed by atoms with Crippen molar-refractivity contribution in [3.8, 4) is 0 Å². The first kappa shape index (κ1) is 27.3. The van der Waals surface area contributed by atoms with Gasteiger partial charge in [0.05, 0.1) is 0 Å². The molecule has 2 N–H and O–H groups in total. The Bertz CT molecular complexity index is 992. The summed E-state index contributed by atoms with van der Waals surface area (Å²) in [5, 5.41) is 1.75. The first-order chi connectivity index (χ1) is 13.4. The van der Waals surface area contributed by atoms with E-state index in [1.807, 2.05) is 47.6 Å². The summed E-state index contributed by atoms with van der Waals surface area (Å²) >= 11 is 2.58. The molecule has 0 spiro atoms. The third kappa shape index (κ3) is 10.0. The van der Waals surface area contributed by atoms with Crippen molar-refractivity contribution in [1.29, 1.82) is 0 Å². The molecule has 0 fully saturated rings. The maximum absolute atomic E-state index is 12.0. The maximum atomic E-state index is 12.0. The van der Waals surface area contributed by atoms with E-state index in [-0.39, 0.29) is 0 Å². The topological polar surface area (TPSA) is 92.3 Å². The summed E-state index contributed by atoms with van der Waals surface area (Å²) in [6.45, 7) is 15.2. The average Bonchev–Trinajstić information content (AvgIpc) is 3.13. The van der Waals surface area contributed by atoms with Crippen molar-refractivity contribution in [3.63, 3.8) is 0 Å². The lowest BCUT2D eigenvalue weighted by atomic mass is 10.1. The Balaban J connectivity index is 0.000000311. The standard InChI is InChI=1S/C12H21NO2S2.C8H13NO2S2/c1-9(2)8-10-6-7-11(16-10)17(14,15)13-12(3,4)5;1-8(2,3)9-13(10,11)7-5-4-6-12-7/h6-7,9,13H,8H2,1-5H3;4-6,9H,1-3H3. The van der Waals surface area contributed by atoms with Gasteiger partial charge in [-0.15, -0.1) is 22.7 Å². The molecule has 2 heterocycles. The van der Waals surface area contributed by atoms with E-state index in [9.17, 15) is 16.8 Å². The molecular formula is C20H34N2O4S4. The number of hydrogen-bond donors (Lipinski definition) is 2. The molecule has 0 saturated carbocycles. The van der Waals surface area contributed by atoms with Crippen LogP contribution in [-0.4, -0.2) is 27.9 Å². The number of hydrogen-bond acceptors (Lipinski definition) is 6. The fourth-order valence-corrected chi connectivity index (χ4v) is 7.74. The van der Waals surface area contributed by atoms with Crippen LogP contribution in [0.1, 0.15) is 60.3 Å². The lowest BCUT2D eigenvalue weighted by Gasteiger charge is -2.19. The molecule has 0 aliphatic heterocycles. The minimum Gasteiger partial charge on any atom is -0.206 e. The van der Waals surface area contributed by atoms with Gasteiger partial charge >= 0.3 is 0 Å². The first-order valence-corrected chi connectivity index (χ1v) is 14.3. The molecule has 172 valence electrons. The molecule has 0 saturated heterocycles. The minimum atomic E-state index is -3.36. The number of sulfonamides is 2. The second kappa shape index (κ2) is 10.2. The van der Waals surface area contributed by atoms with Gasteiger partial charge in [-0.05, 0) is 77.5 Å². The second-order valence-corrected chi connectivity index (χ2v) is 15.4. The maximum Gasteiger partial charge on any atom is 0.250 e. The summed E-state index contributed by atoms with van der Waals surface area (Å²) in [5.74, 6) is 0.541. The molecule has 6 nitrogen and oxygen atoms in total. The third-order valence-corrected chi connectivity index (χ3v) is 9.67. The Hall–Kier alpha value is -0.780. The highest BCUT2D eigenvalue weighted by Crippen LogP contribution is 2.24. The molecule has 0 amide bonds. The lowest BCUT2D eigenvalue weighted by Crippen LogP contribution is -2.40. The van der Waals surface area contributed by atoms with Crippen molar-refractivity contribution < 1.29 is 16.8 Å². The highest BCUT2D eigenvalue weighted by Gasteiger charge is 2.24. The van der Waals surface area contributed by atoms with E-state index < -0.39 is 31.1 Å². The monoisotopic (exact) mass is 494 g/mol. The van der Waals surface area contributed by atoms with Gasteiger partial charge in [0.25, 0.3) is 20.0 Å². The Labute approximate surface area is 190 Å². The first-order valence-electron chi connectivity index (χ1n) is 9.61. The number of nitrogens with one attached hydrogen (secondary N) is 2. The van der Waals surface area contributed by atoms with E-state index in [0.717, 1.165) is 11.3 Å². The summed E-state index contributed by atoms with van der Waals surface area (Å²) in [5.41, 5.74) is -0.871. The van der Waals surface area contributed by atoms with Crippen molar-refractivity contribution >= 4 is 42.7 Å². The van der Waals surface area contributed by atoms with Gasteiger partial charge in [-0.3, -0.25) is 0 Å². The van der Waals surface area contributed by atoms with Crippen LogP contribution in [0.5, 0.6) is 0 Å². The molecule has 30 heavy (non-hydrogen) atoms. The van der Waals surface area contributed by atoms with Crippen molar-refractivity contribution in [1.82, 2.24) is 9.44 Å². The zero-order valence-electron chi connectivity index (χ0n) is 18.9. The van der Waals surface area contributed by atoms with Crippen molar-refractivity contribution in [2.45, 2.75) is 81.3 Å². The fraction of sp³-hybridized carbons (Fsp3) is 0.600. The van der Waals surface area contributed by atoms with Crippen LogP contribution in [-0.2, 0) is 26.5 Å². The van der Waals surface area contributed by atoms with Crippen LogP contribution >= 0.6 is 22.7 Å². The van der Waals surface area contributed by atoms with Gasteiger partial charge in [-0.25, -0.2) is 26.3 Å². The van der Waals surface area contributed by atoms with Gasteiger partial charge in [0, 0.05) is 16.0 Å². The average molecular weight is 495 g/mol. The molecule has 0 unspecified atom stereocenters. The molecular weight excluding hydrogens is 460 g/mol. The van der Waals surface area contributed by atoms with Gasteiger partial charge in [0.1, 0.15) is 8.42 Å². The van der Waals surface area contributed by atoms with Crippen LogP contribution in [0.2, 0.25) is 0 Å². The lowest BCUT2D eigenvalue weighted by molar-refractivity contribution is 0.491. The minimum absolute atomic E-state index is 0.363. The zero-order chi connectivity index (χ0) is 23.4. The van der Waals surface area contributed by atoms with Crippen LogP contribution in [0.15, 0.2) is 38.1 Å². The molecule has 2 rings (SSSR count). The molecule has 0 aliphatic rings. The van der Waals surface area contributed by atoms with Crippen LogP contribution < -0.4 is 9.44 Å². The molecule has 10 heteroatoms. The van der Waals surface area contributed by atoms with Crippen molar-refractivity contribution in [2.24, 2.45) is 5.92 Å². The normalized spacial score (nSPS) is 13.2. The van der Waals surface area contributed by atoms with E-state index in [1.54, 1.807) is 23.6 Å². The Morgan fingerprint density at radius 2 is 1.33 bits per heavy atom. The highest BCUT2D eigenvalue weighted by molar-refractivity contribution is 7.92. The molecule has 2 aromatic rings. The summed E-state index contributed by atoms with van der Waals surface area (Å²) in [6.07, 6.45) is 0.926. The quantitative estimate of drug-likeness (QED) is 0.600. The second-order valence-electron chi connectivity index (χ2n) is 9.46. The van der Waals surface area contributed by atoms with Crippen molar-refractivity contribution in [3.05, 3.63) is 34.5 Å². The van der Waals surface area contributed by atoms with Crippen LogP contribution in [0.4, 0.5) is 0 Å². The smallest absolute Gasteiger partial charge is 0.206 e. The molecule has 0 bridgehead atoms. The van der Waals surface area contributed by atoms with E-state index >= 15 is 0 Å². The largest absolute Gasteiger partial charge is 0.250 e. The Morgan fingerprint density at radius 1 is 0.833 bits per heavy atom. The zero-order valence-corrected chi connectivity index (χ0v) is 22.2. The molecule has 0 atom stereocenters. The van der Waals surface area contributed by atoms with E-state index in [0.29, 0.717) is 14.3 Å². The van der Waals surface area contributed by atoms with Gasteiger partial charge in [0.15, 0.2) is 0 Å². The van der Waals surface area contributed by atoms with E-state index in [4.69, 9.17) is 0 Å². The van der Waals surface area contributed by atoms with Crippen LogP contribution in [0.3, 0.4) is 0 Å². The molecule has 0 radical (unpaired) electrons. The van der Waals surface area contributed by atoms with Gasteiger partial charge in [-0.1, -0.05) is 19.9 Å². The predicted octanol–water partition coefficient (Wildman–Crippen LogP) is 4.85. The summed E-state index contributed by atoms with van der Waals surface area (Å²) in [7, 11) is -6.67. The molecule has 0 aliphatic carbocycles. The highest BCUT2D eigenvalue weighted by atomic mass is 32.3. The Kier molecular flexibility index (Phi) is 9.29. The summed E-state index contributed by atoms with van der Waals surface area (Å²) in [6, 6.07) is 6.92. The summed E-state index contributed by atoms with van der Waals surface area (Å²) < 4.78 is 53.3. The van der Waals surface area contributed by atoms with Gasteiger partial charge in [0.2, 0.25) is 0 Å². The SMILES string of the molecule is CC(C)(C)NS(=O)(=O)c1cccs1.CC(C)Cc1ccc(S(=O)(=O)NC(C)(C)C)s1. The van der Waals surface area contributed by atoms with Crippen molar-refractivity contribution in [2.75, 3.05) is 0 Å². The number of thiophene rings is 2. The predicted molar refractivity (Wildman–Crippen MR) is 127 cm³/mol. The van der Waals surface area contributed by atoms with Crippen LogP contribution in [0, 0.1) is 5.92 Å². The van der Waals surface area contributed by atoms with E-state index in [1.165, 1.54) is 22.7 Å². The molecule has 0 aromatic carbocycles.